The van der Waals surface area contributed by atoms with Gasteiger partial charge in [-0.15, -0.1) is 0 Å². The first-order valence-corrected chi connectivity index (χ1v) is 15.8. The van der Waals surface area contributed by atoms with Gasteiger partial charge in [-0.05, 0) is 60.2 Å². The minimum absolute atomic E-state index is 0.0110. The molecular weight excluding hydrogens is 590 g/mol. The van der Waals surface area contributed by atoms with E-state index in [1.807, 2.05) is 55.5 Å². The standard InChI is InChI=1S/C35H35N3O6S/c1-5-9-28-31(34(40)43-6-2)32(25-16-14-24(15-17-25)22(3)4)37-33(39)30(45-35(37)36-28)20-26-10-7-8-11-29(26)44-21-23-12-18-27(19-13-23)38(41)42/h7-8,10-20,22,32H,5-6,9,21H2,1-4H3/b30-20+/t32-/m1/s1. The summed E-state index contributed by atoms with van der Waals surface area (Å²) >= 11 is 1.27. The van der Waals surface area contributed by atoms with Crippen molar-refractivity contribution in [1.82, 2.24) is 4.57 Å². The third-order valence-corrected chi connectivity index (χ3v) is 8.54. The van der Waals surface area contributed by atoms with Gasteiger partial charge in [0.2, 0.25) is 0 Å². The first-order chi connectivity index (χ1) is 21.7. The van der Waals surface area contributed by atoms with Gasteiger partial charge in [-0.1, -0.05) is 81.0 Å². The first kappa shape index (κ1) is 31.6. The van der Waals surface area contributed by atoms with Crippen molar-refractivity contribution in [3.63, 3.8) is 0 Å². The van der Waals surface area contributed by atoms with Crippen LogP contribution < -0.4 is 19.6 Å². The largest absolute Gasteiger partial charge is 0.488 e. The molecule has 0 amide bonds. The van der Waals surface area contributed by atoms with Crippen molar-refractivity contribution in [2.24, 2.45) is 4.99 Å². The van der Waals surface area contributed by atoms with Gasteiger partial charge in [0.15, 0.2) is 4.80 Å². The van der Waals surface area contributed by atoms with Crippen molar-refractivity contribution < 1.29 is 19.2 Å². The van der Waals surface area contributed by atoms with Gasteiger partial charge in [0.05, 0.1) is 33.4 Å². The van der Waals surface area contributed by atoms with Gasteiger partial charge in [-0.2, -0.15) is 0 Å². The van der Waals surface area contributed by atoms with E-state index in [1.54, 1.807) is 29.7 Å². The molecule has 1 atom stereocenters. The molecule has 1 aliphatic rings. The van der Waals surface area contributed by atoms with E-state index in [0.29, 0.717) is 44.3 Å². The fraction of sp³-hybridized carbons (Fsp3) is 0.286. The number of thiazole rings is 1. The number of aromatic nitrogens is 1. The zero-order valence-electron chi connectivity index (χ0n) is 25.7. The Morgan fingerprint density at radius 1 is 1.07 bits per heavy atom. The first-order valence-electron chi connectivity index (χ1n) is 15.0. The lowest BCUT2D eigenvalue weighted by Gasteiger charge is -2.26. The summed E-state index contributed by atoms with van der Waals surface area (Å²) in [6.07, 6.45) is 3.12. The normalized spacial score (nSPS) is 14.7. The number of para-hydroxylation sites is 1. The highest BCUT2D eigenvalue weighted by molar-refractivity contribution is 7.07. The van der Waals surface area contributed by atoms with Gasteiger partial charge >= 0.3 is 5.97 Å². The number of esters is 1. The van der Waals surface area contributed by atoms with Crippen molar-refractivity contribution in [1.29, 1.82) is 0 Å². The van der Waals surface area contributed by atoms with E-state index in [0.717, 1.165) is 23.1 Å². The highest BCUT2D eigenvalue weighted by Crippen LogP contribution is 2.33. The number of carbonyl (C=O) groups is 1. The van der Waals surface area contributed by atoms with Gasteiger partial charge in [0.1, 0.15) is 12.4 Å². The summed E-state index contributed by atoms with van der Waals surface area (Å²) in [7, 11) is 0. The maximum Gasteiger partial charge on any atom is 0.338 e. The monoisotopic (exact) mass is 625 g/mol. The number of nitro groups is 1. The molecule has 2 heterocycles. The van der Waals surface area contributed by atoms with Gasteiger partial charge in [-0.25, -0.2) is 9.79 Å². The Kier molecular flexibility index (Phi) is 9.73. The van der Waals surface area contributed by atoms with Crippen LogP contribution in [0.2, 0.25) is 0 Å². The highest BCUT2D eigenvalue weighted by atomic mass is 32.1. The number of nitrogens with zero attached hydrogens (tertiary/aromatic N) is 3. The van der Waals surface area contributed by atoms with Gasteiger partial charge in [0.25, 0.3) is 11.2 Å². The molecule has 232 valence electrons. The summed E-state index contributed by atoms with van der Waals surface area (Å²) in [6.45, 7) is 8.44. The minimum Gasteiger partial charge on any atom is -0.488 e. The van der Waals surface area contributed by atoms with Crippen molar-refractivity contribution >= 4 is 29.1 Å². The van der Waals surface area contributed by atoms with Crippen LogP contribution in [0.3, 0.4) is 0 Å². The van der Waals surface area contributed by atoms with Gasteiger partial charge in [0, 0.05) is 17.7 Å². The molecule has 0 unspecified atom stereocenters. The van der Waals surface area contributed by atoms with Crippen LogP contribution in [-0.4, -0.2) is 22.1 Å². The van der Waals surface area contributed by atoms with E-state index >= 15 is 0 Å². The smallest absolute Gasteiger partial charge is 0.338 e. The number of hydrogen-bond donors (Lipinski definition) is 0. The Labute approximate surface area is 264 Å². The zero-order chi connectivity index (χ0) is 32.1. The molecule has 0 N–H and O–H groups in total. The van der Waals surface area contributed by atoms with Crippen LogP contribution in [0, 0.1) is 10.1 Å². The van der Waals surface area contributed by atoms with E-state index in [9.17, 15) is 19.7 Å². The van der Waals surface area contributed by atoms with E-state index in [4.69, 9.17) is 14.5 Å². The van der Waals surface area contributed by atoms with E-state index in [2.05, 4.69) is 13.8 Å². The Bertz CT molecular complexity index is 1920. The third kappa shape index (κ3) is 6.81. The number of fused-ring (bicyclic) bond motifs is 1. The lowest BCUT2D eigenvalue weighted by atomic mass is 9.92. The summed E-state index contributed by atoms with van der Waals surface area (Å²) < 4.78 is 13.6. The summed E-state index contributed by atoms with van der Waals surface area (Å²) in [5.74, 6) is 0.419. The summed E-state index contributed by atoms with van der Waals surface area (Å²) in [4.78, 5) is 43.5. The molecule has 1 aromatic heterocycles. The lowest BCUT2D eigenvalue weighted by molar-refractivity contribution is -0.384. The summed E-state index contributed by atoms with van der Waals surface area (Å²) in [6, 6.07) is 20.9. The van der Waals surface area contributed by atoms with Crippen LogP contribution in [0.5, 0.6) is 5.75 Å². The maximum absolute atomic E-state index is 14.2. The van der Waals surface area contributed by atoms with Crippen molar-refractivity contribution in [3.8, 4) is 5.75 Å². The molecule has 10 heteroatoms. The highest BCUT2D eigenvalue weighted by Gasteiger charge is 2.34. The molecule has 45 heavy (non-hydrogen) atoms. The van der Waals surface area contributed by atoms with Gasteiger partial charge < -0.3 is 9.47 Å². The number of nitro benzene ring substituents is 1. The number of benzene rings is 3. The van der Waals surface area contributed by atoms with Gasteiger partial charge in [-0.3, -0.25) is 19.5 Å². The number of rotatable bonds is 11. The second kappa shape index (κ2) is 13.9. The zero-order valence-corrected chi connectivity index (χ0v) is 26.5. The number of ether oxygens (including phenoxy) is 2. The van der Waals surface area contributed by atoms with Crippen LogP contribution in [0.15, 0.2) is 93.9 Å². The Morgan fingerprint density at radius 2 is 1.78 bits per heavy atom. The second-order valence-electron chi connectivity index (χ2n) is 11.0. The fourth-order valence-electron chi connectivity index (χ4n) is 5.25. The summed E-state index contributed by atoms with van der Waals surface area (Å²) in [5.41, 5.74) is 4.21. The quantitative estimate of drug-likeness (QED) is 0.112. The molecule has 0 radical (unpaired) electrons. The van der Waals surface area contributed by atoms with Crippen LogP contribution >= 0.6 is 11.3 Å². The average molecular weight is 626 g/mol. The van der Waals surface area contributed by atoms with Crippen molar-refractivity contribution in [2.45, 2.75) is 59.1 Å². The Morgan fingerprint density at radius 3 is 2.42 bits per heavy atom. The Hall–Kier alpha value is -4.83. The molecule has 0 spiro atoms. The molecule has 0 aliphatic carbocycles. The predicted molar refractivity (Wildman–Crippen MR) is 174 cm³/mol. The molecule has 9 nitrogen and oxygen atoms in total. The third-order valence-electron chi connectivity index (χ3n) is 7.56. The van der Waals surface area contributed by atoms with Crippen LogP contribution in [0.25, 0.3) is 6.08 Å². The molecule has 3 aromatic carbocycles. The molecule has 0 saturated carbocycles. The van der Waals surface area contributed by atoms with Crippen LogP contribution in [0.1, 0.15) is 74.8 Å². The van der Waals surface area contributed by atoms with Crippen LogP contribution in [-0.2, 0) is 16.1 Å². The average Bonchev–Trinajstić information content (AvgIpc) is 3.34. The molecule has 5 rings (SSSR count). The molecular formula is C35H35N3O6S. The van der Waals surface area contributed by atoms with Crippen LogP contribution in [0.4, 0.5) is 5.69 Å². The molecule has 1 aliphatic heterocycles. The number of non-ortho nitro benzene ring substituents is 1. The lowest BCUT2D eigenvalue weighted by Crippen LogP contribution is -2.40. The minimum atomic E-state index is -0.682. The maximum atomic E-state index is 14.2. The molecule has 4 aromatic rings. The molecule has 0 saturated heterocycles. The fourth-order valence-corrected chi connectivity index (χ4v) is 6.26. The number of carbonyl (C=O) groups excluding carboxylic acids is 1. The molecule has 0 fully saturated rings. The topological polar surface area (TPSA) is 113 Å². The summed E-state index contributed by atoms with van der Waals surface area (Å²) in [5, 5.41) is 11.0. The number of hydrogen-bond acceptors (Lipinski definition) is 8. The second-order valence-corrected chi connectivity index (χ2v) is 12.0. The Balaban J connectivity index is 1.59. The van der Waals surface area contributed by atoms with E-state index in [-0.39, 0.29) is 24.5 Å². The predicted octanol–water partition coefficient (Wildman–Crippen LogP) is 6.19. The molecule has 0 bridgehead atoms. The van der Waals surface area contributed by atoms with Crippen molar-refractivity contribution in [3.05, 3.63) is 136 Å². The SMILES string of the molecule is CCCC1=C(C(=O)OCC)[C@@H](c2ccc(C(C)C)cc2)n2c(s/c(=C/c3ccccc3OCc3ccc([N+](=O)[O-])cc3)c2=O)=N1. The van der Waals surface area contributed by atoms with E-state index in [1.165, 1.54) is 23.5 Å². The number of allylic oxidation sites excluding steroid dienone is 1. The van der Waals surface area contributed by atoms with Crippen molar-refractivity contribution in [2.75, 3.05) is 6.61 Å². The van der Waals surface area contributed by atoms with E-state index < -0.39 is 16.9 Å².